The molecule has 1 N–H and O–H groups in total. The van der Waals surface area contributed by atoms with Crippen molar-refractivity contribution in [3.63, 3.8) is 0 Å². The van der Waals surface area contributed by atoms with Gasteiger partial charge < -0.3 is 5.32 Å². The zero-order valence-corrected chi connectivity index (χ0v) is 14.9. The average Bonchev–Trinajstić information content (AvgIpc) is 2.68. The lowest BCUT2D eigenvalue weighted by atomic mass is 10.2. The van der Waals surface area contributed by atoms with Crippen LogP contribution >= 0.6 is 11.8 Å². The van der Waals surface area contributed by atoms with Gasteiger partial charge in [-0.1, -0.05) is 42.5 Å². The quantitative estimate of drug-likeness (QED) is 0.445. The molecule has 4 heteroatoms. The van der Waals surface area contributed by atoms with Gasteiger partial charge in [-0.05, 0) is 53.6 Å². The maximum atomic E-state index is 12.9. The Morgan fingerprint density at radius 1 is 0.923 bits per heavy atom. The third kappa shape index (κ3) is 5.60. The largest absolute Gasteiger partial charge is 0.323 e. The van der Waals surface area contributed by atoms with E-state index in [4.69, 9.17) is 0 Å². The normalized spacial score (nSPS) is 10.8. The Morgan fingerprint density at radius 3 is 2.31 bits per heavy atom. The number of carbonyl (C=O) groups excluding carboxylic acids is 1. The van der Waals surface area contributed by atoms with Crippen LogP contribution in [0.15, 0.2) is 89.8 Å². The van der Waals surface area contributed by atoms with Crippen molar-refractivity contribution in [3.05, 3.63) is 102 Å². The average molecular weight is 363 g/mol. The van der Waals surface area contributed by atoms with Crippen LogP contribution in [-0.4, -0.2) is 5.91 Å². The van der Waals surface area contributed by atoms with Crippen LogP contribution in [0.5, 0.6) is 0 Å². The van der Waals surface area contributed by atoms with Crippen LogP contribution in [0, 0.1) is 5.82 Å². The van der Waals surface area contributed by atoms with Crippen molar-refractivity contribution in [2.24, 2.45) is 0 Å². The van der Waals surface area contributed by atoms with E-state index in [9.17, 15) is 9.18 Å². The number of hydrogen-bond donors (Lipinski definition) is 1. The number of benzene rings is 3. The zero-order valence-electron chi connectivity index (χ0n) is 14.1. The summed E-state index contributed by atoms with van der Waals surface area (Å²) in [7, 11) is 0. The molecule has 0 saturated carbocycles. The topological polar surface area (TPSA) is 29.1 Å². The minimum atomic E-state index is -0.294. The lowest BCUT2D eigenvalue weighted by Gasteiger charge is -2.05. The number of hydrogen-bond acceptors (Lipinski definition) is 2. The van der Waals surface area contributed by atoms with E-state index in [0.717, 1.165) is 17.0 Å². The van der Waals surface area contributed by atoms with E-state index in [-0.39, 0.29) is 11.7 Å². The molecule has 1 amide bonds. The molecule has 2 nitrogen and oxygen atoms in total. The molecule has 3 aromatic carbocycles. The van der Waals surface area contributed by atoms with Crippen molar-refractivity contribution < 1.29 is 9.18 Å². The first kappa shape index (κ1) is 18.0. The van der Waals surface area contributed by atoms with Crippen molar-refractivity contribution in [1.29, 1.82) is 0 Å². The SMILES string of the molecule is O=C(/C=C/c1ccc(F)cc1)Nc1ccc(CSc2ccccc2)cc1. The van der Waals surface area contributed by atoms with Gasteiger partial charge in [0.25, 0.3) is 0 Å². The Kier molecular flexibility index (Phi) is 6.23. The van der Waals surface area contributed by atoms with Gasteiger partial charge in [0.2, 0.25) is 5.91 Å². The fourth-order valence-electron chi connectivity index (χ4n) is 2.30. The van der Waals surface area contributed by atoms with Gasteiger partial charge in [0, 0.05) is 22.4 Å². The standard InChI is InChI=1S/C22H18FNOS/c23-19-11-6-17(7-12-19)10-15-22(25)24-20-13-8-18(9-14-20)16-26-21-4-2-1-3-5-21/h1-15H,16H2,(H,24,25)/b15-10+. The summed E-state index contributed by atoms with van der Waals surface area (Å²) in [6, 6.07) is 24.0. The molecular formula is C22H18FNOS. The highest BCUT2D eigenvalue weighted by atomic mass is 32.2. The number of amides is 1. The van der Waals surface area contributed by atoms with E-state index in [0.29, 0.717) is 0 Å². The van der Waals surface area contributed by atoms with Crippen LogP contribution in [0.1, 0.15) is 11.1 Å². The van der Waals surface area contributed by atoms with Crippen LogP contribution in [0.4, 0.5) is 10.1 Å². The highest BCUT2D eigenvalue weighted by Gasteiger charge is 2.00. The third-order valence-electron chi connectivity index (χ3n) is 3.67. The summed E-state index contributed by atoms with van der Waals surface area (Å²) in [5.41, 5.74) is 2.71. The van der Waals surface area contributed by atoms with Gasteiger partial charge in [0.15, 0.2) is 0 Å². The van der Waals surface area contributed by atoms with E-state index in [1.807, 2.05) is 42.5 Å². The first-order valence-corrected chi connectivity index (χ1v) is 9.19. The van der Waals surface area contributed by atoms with Crippen molar-refractivity contribution in [3.8, 4) is 0 Å². The van der Waals surface area contributed by atoms with E-state index in [2.05, 4.69) is 17.4 Å². The van der Waals surface area contributed by atoms with Crippen LogP contribution in [0.25, 0.3) is 6.08 Å². The molecule has 130 valence electrons. The first-order chi connectivity index (χ1) is 12.7. The summed E-state index contributed by atoms with van der Waals surface area (Å²) in [6.07, 6.45) is 3.09. The maximum Gasteiger partial charge on any atom is 0.248 e. The third-order valence-corrected chi connectivity index (χ3v) is 4.75. The van der Waals surface area contributed by atoms with Gasteiger partial charge in [-0.3, -0.25) is 4.79 Å². The summed E-state index contributed by atoms with van der Waals surface area (Å²) in [6.45, 7) is 0. The Morgan fingerprint density at radius 2 is 1.62 bits per heavy atom. The Hall–Kier alpha value is -2.85. The lowest BCUT2D eigenvalue weighted by molar-refractivity contribution is -0.111. The van der Waals surface area contributed by atoms with Gasteiger partial charge in [-0.15, -0.1) is 11.8 Å². The highest BCUT2D eigenvalue weighted by molar-refractivity contribution is 7.98. The van der Waals surface area contributed by atoms with Crippen LogP contribution in [0.2, 0.25) is 0 Å². The maximum absolute atomic E-state index is 12.9. The minimum absolute atomic E-state index is 0.222. The molecule has 3 aromatic rings. The van der Waals surface area contributed by atoms with Gasteiger partial charge in [0.1, 0.15) is 5.82 Å². The molecule has 0 fully saturated rings. The molecule has 3 rings (SSSR count). The van der Waals surface area contributed by atoms with E-state index < -0.39 is 0 Å². The molecule has 26 heavy (non-hydrogen) atoms. The molecule has 0 bridgehead atoms. The molecule has 0 spiro atoms. The Labute approximate surface area is 156 Å². The summed E-state index contributed by atoms with van der Waals surface area (Å²) >= 11 is 1.77. The second kappa shape index (κ2) is 9.02. The molecule has 0 aliphatic heterocycles. The lowest BCUT2D eigenvalue weighted by Crippen LogP contribution is -2.07. The molecular weight excluding hydrogens is 345 g/mol. The number of halogens is 1. The number of carbonyl (C=O) groups is 1. The fraction of sp³-hybridized carbons (Fsp3) is 0.0455. The van der Waals surface area contributed by atoms with Crippen molar-refractivity contribution in [1.82, 2.24) is 0 Å². The molecule has 0 aliphatic rings. The fourth-order valence-corrected chi connectivity index (χ4v) is 3.17. The molecule has 0 radical (unpaired) electrons. The second-order valence-corrected chi connectivity index (χ2v) is 6.72. The highest BCUT2D eigenvalue weighted by Crippen LogP contribution is 2.23. The second-order valence-electron chi connectivity index (χ2n) is 5.67. The summed E-state index contributed by atoms with van der Waals surface area (Å²) in [5, 5.41) is 2.82. The van der Waals surface area contributed by atoms with Crippen LogP contribution in [0.3, 0.4) is 0 Å². The number of nitrogens with one attached hydrogen (secondary N) is 1. The molecule has 0 heterocycles. The predicted octanol–water partition coefficient (Wildman–Crippen LogP) is 5.77. The minimum Gasteiger partial charge on any atom is -0.323 e. The van der Waals surface area contributed by atoms with Crippen molar-refractivity contribution >= 4 is 29.4 Å². The van der Waals surface area contributed by atoms with Gasteiger partial charge in [-0.25, -0.2) is 4.39 Å². The Balaban J connectivity index is 1.51. The van der Waals surface area contributed by atoms with Crippen LogP contribution in [-0.2, 0) is 10.5 Å². The summed E-state index contributed by atoms with van der Waals surface area (Å²) < 4.78 is 12.9. The van der Waals surface area contributed by atoms with Gasteiger partial charge in [0.05, 0.1) is 0 Å². The number of thioether (sulfide) groups is 1. The summed E-state index contributed by atoms with van der Waals surface area (Å²) in [5.74, 6) is 0.362. The molecule has 0 atom stereocenters. The van der Waals surface area contributed by atoms with Crippen molar-refractivity contribution in [2.75, 3.05) is 5.32 Å². The molecule has 0 unspecified atom stereocenters. The zero-order chi connectivity index (χ0) is 18.2. The predicted molar refractivity (Wildman–Crippen MR) is 107 cm³/mol. The number of anilines is 1. The molecule has 0 aliphatic carbocycles. The first-order valence-electron chi connectivity index (χ1n) is 8.20. The molecule has 0 aromatic heterocycles. The Bertz CT molecular complexity index is 874. The monoisotopic (exact) mass is 363 g/mol. The van der Waals surface area contributed by atoms with Gasteiger partial charge >= 0.3 is 0 Å². The smallest absolute Gasteiger partial charge is 0.248 e. The summed E-state index contributed by atoms with van der Waals surface area (Å²) in [4.78, 5) is 13.2. The van der Waals surface area contributed by atoms with Crippen LogP contribution < -0.4 is 5.32 Å². The van der Waals surface area contributed by atoms with E-state index >= 15 is 0 Å². The van der Waals surface area contributed by atoms with Crippen molar-refractivity contribution in [2.45, 2.75) is 10.6 Å². The molecule has 0 saturated heterocycles. The van der Waals surface area contributed by atoms with E-state index in [1.165, 1.54) is 28.7 Å². The van der Waals surface area contributed by atoms with Gasteiger partial charge in [-0.2, -0.15) is 0 Å². The van der Waals surface area contributed by atoms with E-state index in [1.54, 1.807) is 30.0 Å². The number of rotatable bonds is 6.